The van der Waals surface area contributed by atoms with E-state index in [0.29, 0.717) is 20.5 Å². The van der Waals surface area contributed by atoms with E-state index in [4.69, 9.17) is 0 Å². The highest BCUT2D eigenvalue weighted by Crippen LogP contribution is 2.37. The van der Waals surface area contributed by atoms with E-state index < -0.39 is 18.1 Å². The maximum atomic E-state index is 12.4. The smallest absolute Gasteiger partial charge is 0.330 e. The van der Waals surface area contributed by atoms with Crippen LogP contribution in [0.5, 0.6) is 0 Å². The largest absolute Gasteiger partial charge is 0.471 e. The Kier molecular flexibility index (Phi) is 3.42. The van der Waals surface area contributed by atoms with Crippen LogP contribution in [0.4, 0.5) is 13.2 Å². The van der Waals surface area contributed by atoms with Crippen LogP contribution in [0.1, 0.15) is 28.4 Å². The SMILES string of the molecule is CN(C(=O)C(F)(F)F)C1CC(=O)c2cc(Br)ccc21. The van der Waals surface area contributed by atoms with Crippen molar-refractivity contribution in [1.82, 2.24) is 4.90 Å². The second kappa shape index (κ2) is 4.63. The van der Waals surface area contributed by atoms with Crippen molar-refractivity contribution >= 4 is 27.6 Å². The van der Waals surface area contributed by atoms with Gasteiger partial charge in [0.05, 0.1) is 6.04 Å². The molecule has 0 fully saturated rings. The molecule has 1 aromatic rings. The number of benzene rings is 1. The lowest BCUT2D eigenvalue weighted by Crippen LogP contribution is -2.40. The first-order valence-corrected chi connectivity index (χ1v) is 6.17. The number of fused-ring (bicyclic) bond motifs is 1. The van der Waals surface area contributed by atoms with Crippen molar-refractivity contribution in [3.63, 3.8) is 0 Å². The molecule has 0 radical (unpaired) electrons. The number of amides is 1. The maximum Gasteiger partial charge on any atom is 0.471 e. The van der Waals surface area contributed by atoms with Gasteiger partial charge in [0.1, 0.15) is 0 Å². The van der Waals surface area contributed by atoms with Crippen molar-refractivity contribution in [2.75, 3.05) is 7.05 Å². The van der Waals surface area contributed by atoms with Gasteiger partial charge < -0.3 is 4.90 Å². The van der Waals surface area contributed by atoms with Gasteiger partial charge in [0.2, 0.25) is 0 Å². The number of halogens is 4. The fourth-order valence-electron chi connectivity index (χ4n) is 2.14. The van der Waals surface area contributed by atoms with Crippen LogP contribution in [0.3, 0.4) is 0 Å². The van der Waals surface area contributed by atoms with Crippen LogP contribution in [0, 0.1) is 0 Å². The van der Waals surface area contributed by atoms with E-state index in [0.717, 1.165) is 7.05 Å². The highest BCUT2D eigenvalue weighted by Gasteiger charge is 2.45. The highest BCUT2D eigenvalue weighted by atomic mass is 79.9. The minimum Gasteiger partial charge on any atom is -0.330 e. The average molecular weight is 336 g/mol. The van der Waals surface area contributed by atoms with Crippen molar-refractivity contribution in [1.29, 1.82) is 0 Å². The topological polar surface area (TPSA) is 37.4 Å². The quantitative estimate of drug-likeness (QED) is 0.790. The summed E-state index contributed by atoms with van der Waals surface area (Å²) in [7, 11) is 1.06. The van der Waals surface area contributed by atoms with E-state index in [1.807, 2.05) is 0 Å². The summed E-state index contributed by atoms with van der Waals surface area (Å²) in [4.78, 5) is 23.6. The Morgan fingerprint density at radius 2 is 2.05 bits per heavy atom. The minimum atomic E-state index is -4.93. The lowest BCUT2D eigenvalue weighted by Gasteiger charge is -2.25. The van der Waals surface area contributed by atoms with Crippen LogP contribution in [0.15, 0.2) is 22.7 Å². The number of alkyl halides is 3. The highest BCUT2D eigenvalue weighted by molar-refractivity contribution is 9.10. The number of carbonyl (C=O) groups excluding carboxylic acids is 2. The van der Waals surface area contributed by atoms with Crippen LogP contribution in [0.2, 0.25) is 0 Å². The van der Waals surface area contributed by atoms with Gasteiger partial charge in [-0.3, -0.25) is 9.59 Å². The zero-order valence-electron chi connectivity index (χ0n) is 9.79. The summed E-state index contributed by atoms with van der Waals surface area (Å²) in [6.07, 6.45) is -5.06. The van der Waals surface area contributed by atoms with Gasteiger partial charge in [0.15, 0.2) is 5.78 Å². The van der Waals surface area contributed by atoms with Gasteiger partial charge in [-0.2, -0.15) is 13.2 Å². The molecule has 102 valence electrons. The van der Waals surface area contributed by atoms with E-state index in [9.17, 15) is 22.8 Å². The third-order valence-electron chi connectivity index (χ3n) is 3.08. The summed E-state index contributed by atoms with van der Waals surface area (Å²) in [5.41, 5.74) is 0.814. The average Bonchev–Trinajstić information content (AvgIpc) is 2.63. The first-order valence-electron chi connectivity index (χ1n) is 5.38. The molecular weight excluding hydrogens is 327 g/mol. The predicted octanol–water partition coefficient (Wildman–Crippen LogP) is 3.10. The van der Waals surface area contributed by atoms with Gasteiger partial charge in [-0.05, 0) is 17.7 Å². The van der Waals surface area contributed by atoms with Gasteiger partial charge in [0, 0.05) is 23.5 Å². The summed E-state index contributed by atoms with van der Waals surface area (Å²) >= 11 is 3.20. The summed E-state index contributed by atoms with van der Waals surface area (Å²) in [6, 6.07) is 3.90. The molecule has 0 spiro atoms. The number of ketones is 1. The molecule has 0 aromatic heterocycles. The van der Waals surface area contributed by atoms with Crippen molar-refractivity contribution in [3.05, 3.63) is 33.8 Å². The second-order valence-corrected chi connectivity index (χ2v) is 5.20. The lowest BCUT2D eigenvalue weighted by molar-refractivity contribution is -0.186. The van der Waals surface area contributed by atoms with Crippen LogP contribution in [0.25, 0.3) is 0 Å². The molecule has 0 heterocycles. The fraction of sp³-hybridized carbons (Fsp3) is 0.333. The van der Waals surface area contributed by atoms with Crippen LogP contribution in [-0.4, -0.2) is 29.8 Å². The van der Waals surface area contributed by atoms with Crippen LogP contribution in [-0.2, 0) is 4.79 Å². The number of rotatable bonds is 1. The van der Waals surface area contributed by atoms with Crippen molar-refractivity contribution in [2.45, 2.75) is 18.6 Å². The Hall–Kier alpha value is -1.37. The number of carbonyl (C=O) groups is 2. The molecule has 3 nitrogen and oxygen atoms in total. The number of hydrogen-bond acceptors (Lipinski definition) is 2. The molecule has 0 N–H and O–H groups in total. The minimum absolute atomic E-state index is 0.121. The van der Waals surface area contributed by atoms with Crippen molar-refractivity contribution < 1.29 is 22.8 Å². The Morgan fingerprint density at radius 1 is 1.42 bits per heavy atom. The normalized spacial score (nSPS) is 18.4. The molecule has 7 heteroatoms. The number of Topliss-reactive ketones (excluding diaryl/α,β-unsaturated/α-hetero) is 1. The maximum absolute atomic E-state index is 12.4. The molecule has 1 aliphatic carbocycles. The Bertz CT molecular complexity index is 556. The summed E-state index contributed by atoms with van der Waals surface area (Å²) in [6.45, 7) is 0. The molecule has 0 saturated carbocycles. The first-order chi connectivity index (χ1) is 8.71. The summed E-state index contributed by atoms with van der Waals surface area (Å²) in [5, 5.41) is 0. The van der Waals surface area contributed by atoms with Gasteiger partial charge in [0.25, 0.3) is 0 Å². The van der Waals surface area contributed by atoms with E-state index in [-0.39, 0.29) is 12.2 Å². The molecule has 19 heavy (non-hydrogen) atoms. The molecule has 1 aliphatic rings. The number of nitrogens with zero attached hydrogens (tertiary/aromatic N) is 1. The van der Waals surface area contributed by atoms with Crippen LogP contribution < -0.4 is 0 Å². The Balaban J connectivity index is 2.36. The molecule has 0 saturated heterocycles. The van der Waals surface area contributed by atoms with E-state index in [1.54, 1.807) is 18.2 Å². The monoisotopic (exact) mass is 335 g/mol. The lowest BCUT2D eigenvalue weighted by atomic mass is 10.1. The predicted molar refractivity (Wildman–Crippen MR) is 64.7 cm³/mol. The molecule has 0 aliphatic heterocycles. The van der Waals surface area contributed by atoms with E-state index >= 15 is 0 Å². The zero-order valence-corrected chi connectivity index (χ0v) is 11.4. The molecule has 1 unspecified atom stereocenters. The van der Waals surface area contributed by atoms with E-state index in [2.05, 4.69) is 15.9 Å². The molecular formula is C12H9BrF3NO2. The van der Waals surface area contributed by atoms with Gasteiger partial charge in [-0.15, -0.1) is 0 Å². The van der Waals surface area contributed by atoms with Crippen molar-refractivity contribution in [2.24, 2.45) is 0 Å². The summed E-state index contributed by atoms with van der Waals surface area (Å²) < 4.78 is 37.9. The Morgan fingerprint density at radius 3 is 2.63 bits per heavy atom. The first kappa shape index (κ1) is 14.0. The molecule has 0 bridgehead atoms. The zero-order chi connectivity index (χ0) is 14.4. The Labute approximate surface area is 115 Å². The summed E-state index contributed by atoms with van der Waals surface area (Å²) in [5.74, 6) is -2.20. The van der Waals surface area contributed by atoms with Gasteiger partial charge in [-0.1, -0.05) is 22.0 Å². The third-order valence-corrected chi connectivity index (χ3v) is 3.58. The van der Waals surface area contributed by atoms with Crippen molar-refractivity contribution in [3.8, 4) is 0 Å². The van der Waals surface area contributed by atoms with Gasteiger partial charge in [-0.25, -0.2) is 0 Å². The molecule has 1 aromatic carbocycles. The number of hydrogen-bond donors (Lipinski definition) is 0. The standard InChI is InChI=1S/C12H9BrF3NO2/c1-17(11(19)12(14,15)16)9-5-10(18)8-4-6(13)2-3-7(8)9/h2-4,9H,5H2,1H3. The molecule has 1 atom stereocenters. The fourth-order valence-corrected chi connectivity index (χ4v) is 2.50. The molecule has 2 rings (SSSR count). The van der Waals surface area contributed by atoms with Crippen LogP contribution >= 0.6 is 15.9 Å². The third kappa shape index (κ3) is 2.51. The van der Waals surface area contributed by atoms with E-state index in [1.165, 1.54) is 0 Å². The van der Waals surface area contributed by atoms with Gasteiger partial charge >= 0.3 is 12.1 Å². The second-order valence-electron chi connectivity index (χ2n) is 4.29. The molecule has 1 amide bonds.